The lowest BCUT2D eigenvalue weighted by Gasteiger charge is -2.31. The van der Waals surface area contributed by atoms with Crippen molar-refractivity contribution in [3.05, 3.63) is 24.3 Å². The Morgan fingerprint density at radius 1 is 1.50 bits per heavy atom. The first kappa shape index (κ1) is 14.8. The number of para-hydroxylation sites is 2. The molecule has 2 rings (SSSR count). The van der Waals surface area contributed by atoms with Crippen LogP contribution in [0.1, 0.15) is 13.8 Å². The Bertz CT molecular complexity index is 450. The van der Waals surface area contributed by atoms with E-state index in [-0.39, 0.29) is 5.91 Å². The molecule has 1 aliphatic heterocycles. The first-order valence-corrected chi connectivity index (χ1v) is 7.16. The summed E-state index contributed by atoms with van der Waals surface area (Å²) in [7, 11) is 0. The second kappa shape index (κ2) is 7.26. The standard InChI is InChI=1S/C15H23N3O2/c1-3-20-14-7-5-4-6-13(14)17-15(19)11-18-9-8-16-12(2)10-18/h4-7,12,16H,3,8-11H2,1-2H3,(H,17,19)/t12-/m1/s1. The van der Waals surface area contributed by atoms with Gasteiger partial charge in [-0.15, -0.1) is 0 Å². The number of amides is 1. The summed E-state index contributed by atoms with van der Waals surface area (Å²) in [4.78, 5) is 14.3. The van der Waals surface area contributed by atoms with E-state index in [1.54, 1.807) is 0 Å². The summed E-state index contributed by atoms with van der Waals surface area (Å²) in [5.41, 5.74) is 0.738. The van der Waals surface area contributed by atoms with Crippen molar-refractivity contribution in [1.82, 2.24) is 10.2 Å². The fourth-order valence-corrected chi connectivity index (χ4v) is 2.40. The van der Waals surface area contributed by atoms with E-state index in [4.69, 9.17) is 4.74 Å². The second-order valence-corrected chi connectivity index (χ2v) is 5.07. The number of carbonyl (C=O) groups is 1. The van der Waals surface area contributed by atoms with E-state index in [1.807, 2.05) is 31.2 Å². The van der Waals surface area contributed by atoms with Gasteiger partial charge in [0.1, 0.15) is 5.75 Å². The van der Waals surface area contributed by atoms with E-state index in [9.17, 15) is 4.79 Å². The van der Waals surface area contributed by atoms with Crippen molar-refractivity contribution in [2.75, 3.05) is 38.1 Å². The summed E-state index contributed by atoms with van der Waals surface area (Å²) in [6.45, 7) is 7.82. The molecule has 2 N–H and O–H groups in total. The summed E-state index contributed by atoms with van der Waals surface area (Å²) < 4.78 is 5.51. The number of nitrogens with one attached hydrogen (secondary N) is 2. The normalized spacial score (nSPS) is 19.6. The molecule has 1 saturated heterocycles. The summed E-state index contributed by atoms with van der Waals surface area (Å²) in [6.07, 6.45) is 0. The van der Waals surface area contributed by atoms with E-state index in [1.165, 1.54) is 0 Å². The molecular weight excluding hydrogens is 254 g/mol. The number of hydrogen-bond donors (Lipinski definition) is 2. The summed E-state index contributed by atoms with van der Waals surface area (Å²) in [5, 5.41) is 6.30. The Morgan fingerprint density at radius 3 is 3.05 bits per heavy atom. The van der Waals surface area contributed by atoms with Gasteiger partial charge in [0.05, 0.1) is 18.8 Å². The van der Waals surface area contributed by atoms with Gasteiger partial charge in [-0.25, -0.2) is 0 Å². The zero-order valence-electron chi connectivity index (χ0n) is 12.2. The molecule has 20 heavy (non-hydrogen) atoms. The zero-order valence-corrected chi connectivity index (χ0v) is 12.2. The van der Waals surface area contributed by atoms with Crippen molar-refractivity contribution in [2.45, 2.75) is 19.9 Å². The Hall–Kier alpha value is -1.59. The van der Waals surface area contributed by atoms with Crippen LogP contribution in [0, 0.1) is 0 Å². The molecule has 1 atom stereocenters. The van der Waals surface area contributed by atoms with Gasteiger partial charge in [0.2, 0.25) is 5.91 Å². The third kappa shape index (κ3) is 4.21. The van der Waals surface area contributed by atoms with E-state index >= 15 is 0 Å². The molecule has 0 radical (unpaired) electrons. The molecule has 5 heteroatoms. The molecule has 1 aliphatic rings. The van der Waals surface area contributed by atoms with Crippen LogP contribution in [0.2, 0.25) is 0 Å². The SMILES string of the molecule is CCOc1ccccc1NC(=O)CN1CCN[C@H](C)C1. The molecular formula is C15H23N3O2. The number of nitrogens with zero attached hydrogens (tertiary/aromatic N) is 1. The zero-order chi connectivity index (χ0) is 14.4. The quantitative estimate of drug-likeness (QED) is 0.852. The highest BCUT2D eigenvalue weighted by Crippen LogP contribution is 2.23. The average molecular weight is 277 g/mol. The topological polar surface area (TPSA) is 53.6 Å². The molecule has 0 aromatic heterocycles. The maximum Gasteiger partial charge on any atom is 0.238 e. The molecule has 0 saturated carbocycles. The fourth-order valence-electron chi connectivity index (χ4n) is 2.40. The Balaban J connectivity index is 1.91. The molecule has 0 bridgehead atoms. The highest BCUT2D eigenvalue weighted by Gasteiger charge is 2.18. The lowest BCUT2D eigenvalue weighted by molar-refractivity contribution is -0.117. The van der Waals surface area contributed by atoms with E-state index in [0.717, 1.165) is 31.1 Å². The monoisotopic (exact) mass is 277 g/mol. The number of anilines is 1. The first-order chi connectivity index (χ1) is 9.69. The van der Waals surface area contributed by atoms with Crippen molar-refractivity contribution in [3.63, 3.8) is 0 Å². The van der Waals surface area contributed by atoms with Gasteiger partial charge in [-0.1, -0.05) is 12.1 Å². The lowest BCUT2D eigenvalue weighted by Crippen LogP contribution is -2.51. The highest BCUT2D eigenvalue weighted by atomic mass is 16.5. The summed E-state index contributed by atoms with van der Waals surface area (Å²) in [6, 6.07) is 7.96. The van der Waals surface area contributed by atoms with Gasteiger partial charge in [-0.05, 0) is 26.0 Å². The Kier molecular flexibility index (Phi) is 5.38. The van der Waals surface area contributed by atoms with Crippen molar-refractivity contribution in [3.8, 4) is 5.75 Å². The van der Waals surface area contributed by atoms with Crippen molar-refractivity contribution < 1.29 is 9.53 Å². The molecule has 0 unspecified atom stereocenters. The van der Waals surface area contributed by atoms with Crippen LogP contribution in [0.5, 0.6) is 5.75 Å². The van der Waals surface area contributed by atoms with E-state index < -0.39 is 0 Å². The molecule has 0 aliphatic carbocycles. The van der Waals surface area contributed by atoms with Gasteiger partial charge in [-0.3, -0.25) is 9.69 Å². The lowest BCUT2D eigenvalue weighted by atomic mass is 10.2. The highest BCUT2D eigenvalue weighted by molar-refractivity contribution is 5.93. The van der Waals surface area contributed by atoms with Gasteiger partial charge in [0.15, 0.2) is 0 Å². The molecule has 1 heterocycles. The predicted molar refractivity (Wildman–Crippen MR) is 80.1 cm³/mol. The number of hydrogen-bond acceptors (Lipinski definition) is 4. The van der Waals surface area contributed by atoms with Gasteiger partial charge in [0.25, 0.3) is 0 Å². The van der Waals surface area contributed by atoms with Crippen LogP contribution in [0.25, 0.3) is 0 Å². The van der Waals surface area contributed by atoms with E-state index in [0.29, 0.717) is 19.2 Å². The third-order valence-electron chi connectivity index (χ3n) is 3.28. The molecule has 110 valence electrons. The van der Waals surface area contributed by atoms with Gasteiger partial charge >= 0.3 is 0 Å². The maximum atomic E-state index is 12.1. The molecule has 5 nitrogen and oxygen atoms in total. The minimum atomic E-state index is 0.00579. The second-order valence-electron chi connectivity index (χ2n) is 5.07. The van der Waals surface area contributed by atoms with E-state index in [2.05, 4.69) is 22.5 Å². The smallest absolute Gasteiger partial charge is 0.238 e. The van der Waals surface area contributed by atoms with Crippen LogP contribution in [-0.4, -0.2) is 49.6 Å². The summed E-state index contributed by atoms with van der Waals surface area (Å²) >= 11 is 0. The van der Waals surface area contributed by atoms with Crippen molar-refractivity contribution in [1.29, 1.82) is 0 Å². The largest absolute Gasteiger partial charge is 0.492 e. The van der Waals surface area contributed by atoms with Crippen molar-refractivity contribution in [2.24, 2.45) is 0 Å². The molecule has 1 aromatic carbocycles. The molecule has 1 fully saturated rings. The minimum absolute atomic E-state index is 0.00579. The van der Waals surface area contributed by atoms with Gasteiger partial charge in [-0.2, -0.15) is 0 Å². The van der Waals surface area contributed by atoms with Crippen LogP contribution in [-0.2, 0) is 4.79 Å². The van der Waals surface area contributed by atoms with Crippen LogP contribution in [0.15, 0.2) is 24.3 Å². The third-order valence-corrected chi connectivity index (χ3v) is 3.28. The predicted octanol–water partition coefficient (Wildman–Crippen LogP) is 1.32. The van der Waals surface area contributed by atoms with Crippen LogP contribution < -0.4 is 15.4 Å². The van der Waals surface area contributed by atoms with Crippen LogP contribution >= 0.6 is 0 Å². The maximum absolute atomic E-state index is 12.1. The number of carbonyl (C=O) groups excluding carboxylic acids is 1. The van der Waals surface area contributed by atoms with Crippen LogP contribution in [0.4, 0.5) is 5.69 Å². The van der Waals surface area contributed by atoms with Crippen molar-refractivity contribution >= 4 is 11.6 Å². The molecule has 1 amide bonds. The summed E-state index contributed by atoms with van der Waals surface area (Å²) in [5.74, 6) is 0.725. The van der Waals surface area contributed by atoms with Gasteiger partial charge < -0.3 is 15.4 Å². The molecule has 1 aromatic rings. The fraction of sp³-hybridized carbons (Fsp3) is 0.533. The average Bonchev–Trinajstić information content (AvgIpc) is 2.41. The Morgan fingerprint density at radius 2 is 2.30 bits per heavy atom. The number of rotatable bonds is 5. The number of benzene rings is 1. The number of piperazine rings is 1. The van der Waals surface area contributed by atoms with Gasteiger partial charge in [0, 0.05) is 25.7 Å². The minimum Gasteiger partial charge on any atom is -0.492 e. The number of ether oxygens (including phenoxy) is 1. The van der Waals surface area contributed by atoms with Crippen LogP contribution in [0.3, 0.4) is 0 Å². The molecule has 0 spiro atoms. The first-order valence-electron chi connectivity index (χ1n) is 7.16. The Labute approximate surface area is 120 Å².